The number of benzene rings is 2. The first-order valence-electron chi connectivity index (χ1n) is 7.98. The molecular weight excluding hydrogens is 320 g/mol. The molecule has 0 saturated carbocycles. The molecule has 0 aliphatic heterocycles. The van der Waals surface area contributed by atoms with E-state index in [0.717, 1.165) is 11.1 Å². The van der Waals surface area contributed by atoms with Gasteiger partial charge in [-0.25, -0.2) is 4.79 Å². The molecule has 0 heterocycles. The molecule has 1 atom stereocenters. The number of hydrogen-bond donors (Lipinski definition) is 0. The van der Waals surface area contributed by atoms with Crippen molar-refractivity contribution in [3.8, 4) is 11.5 Å². The summed E-state index contributed by atoms with van der Waals surface area (Å²) >= 11 is 0. The molecular formula is C20H22O5. The van der Waals surface area contributed by atoms with Gasteiger partial charge in [-0.3, -0.25) is 4.79 Å². The Kier molecular flexibility index (Phi) is 6.17. The van der Waals surface area contributed by atoms with E-state index >= 15 is 0 Å². The van der Waals surface area contributed by atoms with Gasteiger partial charge < -0.3 is 14.2 Å². The Morgan fingerprint density at radius 1 is 0.960 bits per heavy atom. The van der Waals surface area contributed by atoms with Crippen LogP contribution in [0.1, 0.15) is 28.4 Å². The second kappa shape index (κ2) is 8.33. The third-order valence-corrected chi connectivity index (χ3v) is 3.88. The molecule has 2 aromatic rings. The van der Waals surface area contributed by atoms with Crippen molar-refractivity contribution in [2.75, 3.05) is 13.7 Å². The summed E-state index contributed by atoms with van der Waals surface area (Å²) in [4.78, 5) is 24.1. The van der Waals surface area contributed by atoms with Gasteiger partial charge in [0.15, 0.2) is 18.5 Å². The number of rotatable bonds is 7. The van der Waals surface area contributed by atoms with E-state index < -0.39 is 12.1 Å². The minimum atomic E-state index is -0.819. The van der Waals surface area contributed by atoms with E-state index in [1.165, 1.54) is 0 Å². The van der Waals surface area contributed by atoms with Crippen LogP contribution in [0.5, 0.6) is 11.5 Å². The number of carbonyl (C=O) groups is 2. The van der Waals surface area contributed by atoms with Crippen LogP contribution in [0.4, 0.5) is 0 Å². The van der Waals surface area contributed by atoms with Crippen molar-refractivity contribution in [2.24, 2.45) is 0 Å². The number of carbonyl (C=O) groups excluding carboxylic acids is 2. The lowest BCUT2D eigenvalue weighted by Crippen LogP contribution is -2.28. The highest BCUT2D eigenvalue weighted by molar-refractivity contribution is 5.98. The van der Waals surface area contributed by atoms with E-state index in [9.17, 15) is 9.59 Å². The molecule has 1 unspecified atom stereocenters. The first kappa shape index (κ1) is 18.5. The lowest BCUT2D eigenvalue weighted by atomic mass is 10.0. The molecule has 2 aromatic carbocycles. The lowest BCUT2D eigenvalue weighted by Gasteiger charge is -2.14. The molecule has 0 saturated heterocycles. The Bertz CT molecular complexity index is 749. The van der Waals surface area contributed by atoms with Gasteiger partial charge in [0, 0.05) is 5.56 Å². The Hall–Kier alpha value is -2.82. The summed E-state index contributed by atoms with van der Waals surface area (Å²) in [7, 11) is 1.57. The number of esters is 1. The third-order valence-electron chi connectivity index (χ3n) is 3.88. The second-order valence-corrected chi connectivity index (χ2v) is 5.77. The molecule has 0 amide bonds. The van der Waals surface area contributed by atoms with Crippen molar-refractivity contribution >= 4 is 11.8 Å². The molecule has 0 bridgehead atoms. The van der Waals surface area contributed by atoms with Gasteiger partial charge in [-0.1, -0.05) is 12.1 Å². The molecule has 0 spiro atoms. The molecule has 0 aliphatic carbocycles. The molecule has 0 fully saturated rings. The maximum Gasteiger partial charge on any atom is 0.347 e. The summed E-state index contributed by atoms with van der Waals surface area (Å²) in [5.41, 5.74) is 2.66. The van der Waals surface area contributed by atoms with Gasteiger partial charge in [-0.15, -0.1) is 0 Å². The molecule has 132 valence electrons. The highest BCUT2D eigenvalue weighted by Crippen LogP contribution is 2.18. The van der Waals surface area contributed by atoms with Gasteiger partial charge >= 0.3 is 5.97 Å². The van der Waals surface area contributed by atoms with Crippen molar-refractivity contribution in [2.45, 2.75) is 26.9 Å². The van der Waals surface area contributed by atoms with Crippen LogP contribution in [-0.4, -0.2) is 31.6 Å². The van der Waals surface area contributed by atoms with Gasteiger partial charge in [0.2, 0.25) is 0 Å². The third kappa shape index (κ3) is 5.08. The monoisotopic (exact) mass is 342 g/mol. The lowest BCUT2D eigenvalue weighted by molar-refractivity contribution is -0.149. The minimum absolute atomic E-state index is 0.243. The largest absolute Gasteiger partial charge is 0.497 e. The van der Waals surface area contributed by atoms with Crippen molar-refractivity contribution in [3.63, 3.8) is 0 Å². The van der Waals surface area contributed by atoms with E-state index in [2.05, 4.69) is 0 Å². The standard InChI is InChI=1S/C20H22O5/c1-13-5-6-16(11-14(13)2)19(21)12-24-20(22)15(3)25-18-9-7-17(23-4)8-10-18/h5-11,15H,12H2,1-4H3. The maximum atomic E-state index is 12.1. The Morgan fingerprint density at radius 2 is 1.60 bits per heavy atom. The first-order chi connectivity index (χ1) is 11.9. The fraction of sp³-hybridized carbons (Fsp3) is 0.300. The number of aryl methyl sites for hydroxylation is 2. The van der Waals surface area contributed by atoms with Crippen LogP contribution in [-0.2, 0) is 9.53 Å². The van der Waals surface area contributed by atoms with Crippen LogP contribution in [0.25, 0.3) is 0 Å². The van der Waals surface area contributed by atoms with Crippen molar-refractivity contribution in [3.05, 3.63) is 59.2 Å². The van der Waals surface area contributed by atoms with Crippen LogP contribution in [0.2, 0.25) is 0 Å². The molecule has 5 heteroatoms. The van der Waals surface area contributed by atoms with Gasteiger partial charge in [0.1, 0.15) is 11.5 Å². The normalized spacial score (nSPS) is 11.5. The topological polar surface area (TPSA) is 61.8 Å². The molecule has 2 rings (SSSR count). The summed E-state index contributed by atoms with van der Waals surface area (Å²) in [6.07, 6.45) is -0.819. The van der Waals surface area contributed by atoms with E-state index in [-0.39, 0.29) is 12.4 Å². The van der Waals surface area contributed by atoms with E-state index in [1.807, 2.05) is 19.9 Å². The van der Waals surface area contributed by atoms with Gasteiger partial charge in [-0.05, 0) is 62.2 Å². The fourth-order valence-corrected chi connectivity index (χ4v) is 2.16. The smallest absolute Gasteiger partial charge is 0.347 e. The van der Waals surface area contributed by atoms with E-state index in [1.54, 1.807) is 50.4 Å². The predicted octanol–water partition coefficient (Wildman–Crippen LogP) is 3.51. The fourth-order valence-electron chi connectivity index (χ4n) is 2.16. The number of hydrogen-bond acceptors (Lipinski definition) is 5. The molecule has 0 N–H and O–H groups in total. The van der Waals surface area contributed by atoms with E-state index in [0.29, 0.717) is 17.1 Å². The number of ketones is 1. The SMILES string of the molecule is COc1ccc(OC(C)C(=O)OCC(=O)c2ccc(C)c(C)c2)cc1. The summed E-state index contributed by atoms with van der Waals surface area (Å²) < 4.78 is 15.6. The van der Waals surface area contributed by atoms with Crippen molar-refractivity contribution in [1.29, 1.82) is 0 Å². The average molecular weight is 342 g/mol. The first-order valence-corrected chi connectivity index (χ1v) is 7.98. The maximum absolute atomic E-state index is 12.1. The van der Waals surface area contributed by atoms with Crippen molar-refractivity contribution in [1.82, 2.24) is 0 Å². The summed E-state index contributed by atoms with van der Waals surface area (Å²) in [6, 6.07) is 12.3. The Balaban J connectivity index is 1.87. The van der Waals surface area contributed by atoms with Gasteiger partial charge in [0.05, 0.1) is 7.11 Å². The van der Waals surface area contributed by atoms with Crippen LogP contribution in [0.3, 0.4) is 0 Å². The van der Waals surface area contributed by atoms with Gasteiger partial charge in [-0.2, -0.15) is 0 Å². The Morgan fingerprint density at radius 3 is 2.20 bits per heavy atom. The number of methoxy groups -OCH3 is 1. The predicted molar refractivity (Wildman–Crippen MR) is 94.3 cm³/mol. The average Bonchev–Trinajstić information content (AvgIpc) is 2.62. The van der Waals surface area contributed by atoms with Crippen molar-refractivity contribution < 1.29 is 23.8 Å². The zero-order valence-electron chi connectivity index (χ0n) is 14.9. The van der Waals surface area contributed by atoms with Crippen LogP contribution < -0.4 is 9.47 Å². The zero-order chi connectivity index (χ0) is 18.4. The van der Waals surface area contributed by atoms with Crippen LogP contribution >= 0.6 is 0 Å². The van der Waals surface area contributed by atoms with Crippen LogP contribution in [0, 0.1) is 13.8 Å². The highest BCUT2D eigenvalue weighted by Gasteiger charge is 2.18. The highest BCUT2D eigenvalue weighted by atomic mass is 16.6. The van der Waals surface area contributed by atoms with Gasteiger partial charge in [0.25, 0.3) is 0 Å². The number of ether oxygens (including phenoxy) is 3. The molecule has 0 aromatic heterocycles. The minimum Gasteiger partial charge on any atom is -0.497 e. The summed E-state index contributed by atoms with van der Waals surface area (Å²) in [6.45, 7) is 5.18. The second-order valence-electron chi connectivity index (χ2n) is 5.77. The quantitative estimate of drug-likeness (QED) is 0.569. The summed E-state index contributed by atoms with van der Waals surface area (Å²) in [5, 5.41) is 0. The zero-order valence-corrected chi connectivity index (χ0v) is 14.9. The molecule has 25 heavy (non-hydrogen) atoms. The molecule has 0 radical (unpaired) electrons. The summed E-state index contributed by atoms with van der Waals surface area (Å²) in [5.74, 6) is 0.383. The Labute approximate surface area is 147 Å². The number of Topliss-reactive ketones (excluding diaryl/α,β-unsaturated/α-hetero) is 1. The molecule has 0 aliphatic rings. The van der Waals surface area contributed by atoms with Crippen LogP contribution in [0.15, 0.2) is 42.5 Å². The van der Waals surface area contributed by atoms with E-state index in [4.69, 9.17) is 14.2 Å². The molecule has 5 nitrogen and oxygen atoms in total.